The van der Waals surface area contributed by atoms with Crippen LogP contribution in [0.15, 0.2) is 16.7 Å². The van der Waals surface area contributed by atoms with Gasteiger partial charge in [-0.25, -0.2) is 8.78 Å². The average Bonchev–Trinajstić information content (AvgIpc) is 2.80. The number of aromatic nitrogens is 2. The van der Waals surface area contributed by atoms with Crippen molar-refractivity contribution < 1.29 is 23.1 Å². The minimum atomic E-state index is -0.742. The molecule has 5 nitrogen and oxygen atoms in total. The summed E-state index contributed by atoms with van der Waals surface area (Å²) in [6.45, 7) is -0.465. The van der Waals surface area contributed by atoms with E-state index in [1.165, 1.54) is 7.11 Å². The van der Waals surface area contributed by atoms with E-state index in [1.807, 2.05) is 0 Å². The highest BCUT2D eigenvalue weighted by molar-refractivity contribution is 5.57. The Balaban J connectivity index is 2.48. The van der Waals surface area contributed by atoms with E-state index in [4.69, 9.17) is 5.11 Å². The van der Waals surface area contributed by atoms with Gasteiger partial charge < -0.3 is 14.4 Å². The summed E-state index contributed by atoms with van der Waals surface area (Å²) in [6, 6.07) is 1.79. The largest absolute Gasteiger partial charge is 0.494 e. The molecule has 0 atom stereocenters. The molecule has 17 heavy (non-hydrogen) atoms. The third-order valence-electron chi connectivity index (χ3n) is 2.09. The van der Waals surface area contributed by atoms with Crippen LogP contribution in [0.5, 0.6) is 5.75 Å². The first-order chi connectivity index (χ1) is 8.15. The summed E-state index contributed by atoms with van der Waals surface area (Å²) >= 11 is 0. The Kier molecular flexibility index (Phi) is 3.01. The van der Waals surface area contributed by atoms with Gasteiger partial charge in [0.15, 0.2) is 11.6 Å². The van der Waals surface area contributed by atoms with Gasteiger partial charge in [0.2, 0.25) is 5.82 Å². The monoisotopic (exact) mass is 242 g/mol. The molecular formula is C10H8F2N2O3. The third-order valence-corrected chi connectivity index (χ3v) is 2.09. The lowest BCUT2D eigenvalue weighted by Gasteiger charge is -2.03. The van der Waals surface area contributed by atoms with E-state index < -0.39 is 18.2 Å². The van der Waals surface area contributed by atoms with Crippen molar-refractivity contribution in [3.8, 4) is 17.1 Å². The van der Waals surface area contributed by atoms with Crippen LogP contribution in [0.25, 0.3) is 11.4 Å². The van der Waals surface area contributed by atoms with Crippen LogP contribution in [0.4, 0.5) is 8.78 Å². The van der Waals surface area contributed by atoms with Crippen LogP contribution in [-0.2, 0) is 6.61 Å². The Morgan fingerprint density at radius 2 is 2.12 bits per heavy atom. The fourth-order valence-electron chi connectivity index (χ4n) is 1.28. The molecule has 0 aliphatic rings. The molecule has 1 aromatic carbocycles. The number of methoxy groups -OCH3 is 1. The Bertz CT molecular complexity index is 542. The summed E-state index contributed by atoms with van der Waals surface area (Å²) in [6.07, 6.45) is 0. The van der Waals surface area contributed by atoms with Crippen LogP contribution >= 0.6 is 0 Å². The molecule has 0 spiro atoms. The van der Waals surface area contributed by atoms with Gasteiger partial charge >= 0.3 is 0 Å². The lowest BCUT2D eigenvalue weighted by atomic mass is 10.2. The molecule has 90 valence electrons. The van der Waals surface area contributed by atoms with Crippen LogP contribution in [0, 0.1) is 11.6 Å². The maximum absolute atomic E-state index is 13.6. The van der Waals surface area contributed by atoms with E-state index in [-0.39, 0.29) is 23.0 Å². The molecular weight excluding hydrogens is 234 g/mol. The Hall–Kier alpha value is -2.02. The molecule has 1 N–H and O–H groups in total. The summed E-state index contributed by atoms with van der Waals surface area (Å²) < 4.78 is 36.2. The zero-order valence-electron chi connectivity index (χ0n) is 8.78. The number of benzene rings is 1. The van der Waals surface area contributed by atoms with Crippen molar-refractivity contribution in [2.24, 2.45) is 0 Å². The van der Waals surface area contributed by atoms with Gasteiger partial charge in [-0.3, -0.25) is 0 Å². The average molecular weight is 242 g/mol. The highest BCUT2D eigenvalue weighted by Crippen LogP contribution is 2.27. The molecule has 0 aliphatic heterocycles. The van der Waals surface area contributed by atoms with Gasteiger partial charge in [-0.15, -0.1) is 0 Å². The molecule has 0 aliphatic carbocycles. The van der Waals surface area contributed by atoms with E-state index >= 15 is 0 Å². The van der Waals surface area contributed by atoms with Gasteiger partial charge in [0.05, 0.1) is 12.7 Å². The zero-order chi connectivity index (χ0) is 12.4. The zero-order valence-corrected chi connectivity index (χ0v) is 8.78. The van der Waals surface area contributed by atoms with Crippen molar-refractivity contribution in [3.63, 3.8) is 0 Å². The molecule has 2 aromatic rings. The van der Waals surface area contributed by atoms with E-state index in [0.717, 1.165) is 12.1 Å². The molecule has 0 fully saturated rings. The molecule has 0 unspecified atom stereocenters. The second kappa shape index (κ2) is 4.46. The first kappa shape index (κ1) is 11.5. The number of hydrogen-bond acceptors (Lipinski definition) is 5. The summed E-state index contributed by atoms with van der Waals surface area (Å²) in [5.41, 5.74) is -0.160. The first-order valence-electron chi connectivity index (χ1n) is 4.62. The Morgan fingerprint density at radius 1 is 1.35 bits per heavy atom. The number of aliphatic hydroxyl groups is 1. The van der Waals surface area contributed by atoms with E-state index in [9.17, 15) is 8.78 Å². The molecule has 0 amide bonds. The number of nitrogens with zero attached hydrogens (tertiary/aromatic N) is 2. The molecule has 0 radical (unpaired) electrons. The molecule has 0 saturated heterocycles. The topological polar surface area (TPSA) is 68.4 Å². The molecule has 0 bridgehead atoms. The van der Waals surface area contributed by atoms with Crippen molar-refractivity contribution in [1.82, 2.24) is 10.1 Å². The normalized spacial score (nSPS) is 10.6. The summed E-state index contributed by atoms with van der Waals surface area (Å²) in [5, 5.41) is 12.1. The van der Waals surface area contributed by atoms with Crippen molar-refractivity contribution in [3.05, 3.63) is 29.7 Å². The van der Waals surface area contributed by atoms with E-state index in [2.05, 4.69) is 19.4 Å². The number of hydrogen-bond donors (Lipinski definition) is 1. The van der Waals surface area contributed by atoms with Gasteiger partial charge in [0.1, 0.15) is 12.4 Å². The molecule has 0 saturated carbocycles. The maximum atomic E-state index is 13.6. The van der Waals surface area contributed by atoms with Crippen LogP contribution < -0.4 is 4.74 Å². The minimum absolute atomic E-state index is 0.0735. The predicted octanol–water partition coefficient (Wildman–Crippen LogP) is 1.52. The van der Waals surface area contributed by atoms with Crippen molar-refractivity contribution in [2.45, 2.75) is 6.61 Å². The van der Waals surface area contributed by atoms with Gasteiger partial charge in [0, 0.05) is 6.07 Å². The number of rotatable bonds is 3. The Morgan fingerprint density at radius 3 is 2.71 bits per heavy atom. The van der Waals surface area contributed by atoms with Crippen LogP contribution in [0.2, 0.25) is 0 Å². The maximum Gasteiger partial charge on any atom is 0.252 e. The van der Waals surface area contributed by atoms with Gasteiger partial charge in [0.25, 0.3) is 5.89 Å². The smallest absolute Gasteiger partial charge is 0.252 e. The summed E-state index contributed by atoms with van der Waals surface area (Å²) in [7, 11) is 1.23. The molecule has 7 heteroatoms. The standard InChI is InChI=1S/C10H8F2N2O3/c1-16-8-3-6(11)5(2-7(8)12)10-13-9(4-15)17-14-10/h2-3,15H,4H2,1H3. The second-order valence-electron chi connectivity index (χ2n) is 3.14. The first-order valence-corrected chi connectivity index (χ1v) is 4.62. The highest BCUT2D eigenvalue weighted by Gasteiger charge is 2.16. The molecule has 1 aromatic heterocycles. The van der Waals surface area contributed by atoms with Gasteiger partial charge in [-0.05, 0) is 6.07 Å². The summed E-state index contributed by atoms with van der Waals surface area (Å²) in [5.74, 6) is -1.89. The fourth-order valence-corrected chi connectivity index (χ4v) is 1.28. The predicted molar refractivity (Wildman–Crippen MR) is 52.1 cm³/mol. The van der Waals surface area contributed by atoms with Gasteiger partial charge in [-0.1, -0.05) is 5.16 Å². The third kappa shape index (κ3) is 2.09. The molecule has 1 heterocycles. The quantitative estimate of drug-likeness (QED) is 0.883. The van der Waals surface area contributed by atoms with Crippen LogP contribution in [-0.4, -0.2) is 22.4 Å². The molecule has 2 rings (SSSR count). The van der Waals surface area contributed by atoms with Gasteiger partial charge in [-0.2, -0.15) is 4.98 Å². The van der Waals surface area contributed by atoms with Crippen molar-refractivity contribution >= 4 is 0 Å². The van der Waals surface area contributed by atoms with Crippen molar-refractivity contribution in [1.29, 1.82) is 0 Å². The fraction of sp³-hybridized carbons (Fsp3) is 0.200. The number of ether oxygens (including phenoxy) is 1. The highest BCUT2D eigenvalue weighted by atomic mass is 19.1. The Labute approximate surface area is 94.6 Å². The number of halogens is 2. The van der Waals surface area contributed by atoms with E-state index in [0.29, 0.717) is 0 Å². The van der Waals surface area contributed by atoms with Crippen LogP contribution in [0.3, 0.4) is 0 Å². The van der Waals surface area contributed by atoms with Crippen molar-refractivity contribution in [2.75, 3.05) is 7.11 Å². The SMILES string of the molecule is COc1cc(F)c(-c2noc(CO)n2)cc1F. The lowest BCUT2D eigenvalue weighted by molar-refractivity contribution is 0.222. The minimum Gasteiger partial charge on any atom is -0.494 e. The lowest BCUT2D eigenvalue weighted by Crippen LogP contribution is -1.94. The van der Waals surface area contributed by atoms with E-state index in [1.54, 1.807) is 0 Å². The second-order valence-corrected chi connectivity index (χ2v) is 3.14. The van der Waals surface area contributed by atoms with Crippen LogP contribution in [0.1, 0.15) is 5.89 Å². The summed E-state index contributed by atoms with van der Waals surface area (Å²) in [4.78, 5) is 3.68. The number of aliphatic hydroxyl groups excluding tert-OH is 1.